The zero-order valence-electron chi connectivity index (χ0n) is 6.73. The molecular weight excluding hydrogens is 204 g/mol. The van der Waals surface area contributed by atoms with Crippen LogP contribution in [0.4, 0.5) is 0 Å². The Bertz CT molecular complexity index is 220. The van der Waals surface area contributed by atoms with Crippen molar-refractivity contribution in [3.8, 4) is 0 Å². The van der Waals surface area contributed by atoms with E-state index in [-0.39, 0.29) is 0 Å². The van der Waals surface area contributed by atoms with Crippen molar-refractivity contribution in [1.29, 1.82) is 0 Å². The normalized spacial score (nSPS) is 13.0. The van der Waals surface area contributed by atoms with Crippen LogP contribution in [0.15, 0.2) is 34.4 Å². The lowest BCUT2D eigenvalue weighted by Gasteiger charge is -1.91. The van der Waals surface area contributed by atoms with Crippen LogP contribution in [-0.4, -0.2) is 6.29 Å². The molecule has 0 aliphatic rings. The molecule has 0 spiro atoms. The molecule has 0 fully saturated rings. The molecule has 0 aromatic heterocycles. The molecule has 0 atom stereocenters. The average Bonchev–Trinajstić information content (AvgIpc) is 1.84. The Morgan fingerprint density at radius 1 is 1.36 bits per heavy atom. The predicted molar refractivity (Wildman–Crippen MR) is 51.6 cm³/mol. The Kier molecular flexibility index (Phi) is 4.79. The monoisotopic (exact) mass is 214 g/mol. The maximum Gasteiger partial charge on any atom is 0.150 e. The second-order valence-electron chi connectivity index (χ2n) is 2.34. The Balaban J connectivity index is 4.54. The summed E-state index contributed by atoms with van der Waals surface area (Å²) in [4.78, 5) is 10.4. The fourth-order valence-electron chi connectivity index (χ4n) is 0.624. The van der Waals surface area contributed by atoms with Gasteiger partial charge in [-0.2, -0.15) is 0 Å². The van der Waals surface area contributed by atoms with Crippen molar-refractivity contribution < 1.29 is 4.79 Å². The van der Waals surface area contributed by atoms with Gasteiger partial charge in [0, 0.05) is 5.57 Å². The van der Waals surface area contributed by atoms with Crippen molar-refractivity contribution in [3.05, 3.63) is 34.4 Å². The van der Waals surface area contributed by atoms with Gasteiger partial charge in [0.2, 0.25) is 0 Å². The summed E-state index contributed by atoms with van der Waals surface area (Å²) in [6, 6.07) is 0. The van der Waals surface area contributed by atoms with Gasteiger partial charge in [-0.05, 0) is 30.5 Å². The molecule has 11 heavy (non-hydrogen) atoms. The second-order valence-corrected chi connectivity index (χ2v) is 3.59. The summed E-state index contributed by atoms with van der Waals surface area (Å²) in [7, 11) is 0. The molecule has 0 saturated heterocycles. The number of rotatable bonds is 3. The molecule has 0 aromatic rings. The van der Waals surface area contributed by atoms with E-state index in [1.807, 2.05) is 13.8 Å². The Labute approximate surface area is 75.6 Å². The molecule has 0 radical (unpaired) electrons. The highest BCUT2D eigenvalue weighted by Gasteiger charge is 1.89. The highest BCUT2D eigenvalue weighted by atomic mass is 79.9. The number of carbonyl (C=O) groups is 1. The van der Waals surface area contributed by atoms with Crippen LogP contribution in [0.2, 0.25) is 0 Å². The molecule has 0 N–H and O–H groups in total. The first kappa shape index (κ1) is 10.4. The van der Waals surface area contributed by atoms with Crippen LogP contribution in [0, 0.1) is 0 Å². The maximum absolute atomic E-state index is 10.4. The number of carbonyl (C=O) groups excluding carboxylic acids is 1. The SMILES string of the molecule is C=C(C)/C=C(C=O)\C=C(/C)Br. The van der Waals surface area contributed by atoms with E-state index in [9.17, 15) is 4.79 Å². The van der Waals surface area contributed by atoms with Gasteiger partial charge in [-0.3, -0.25) is 4.79 Å². The summed E-state index contributed by atoms with van der Waals surface area (Å²) in [5, 5.41) is 0. The van der Waals surface area contributed by atoms with Gasteiger partial charge < -0.3 is 0 Å². The fourth-order valence-corrected chi connectivity index (χ4v) is 0.888. The van der Waals surface area contributed by atoms with Gasteiger partial charge in [0.05, 0.1) is 0 Å². The molecule has 0 bridgehead atoms. The van der Waals surface area contributed by atoms with Crippen molar-refractivity contribution in [2.24, 2.45) is 0 Å². The maximum atomic E-state index is 10.4. The minimum Gasteiger partial charge on any atom is -0.298 e. The standard InChI is InChI=1S/C9H11BrO/c1-7(2)4-9(6-11)5-8(3)10/h4-6H,1H2,2-3H3/b8-5+,9-4+. The Hall–Kier alpha value is -0.630. The van der Waals surface area contributed by atoms with Gasteiger partial charge in [0.1, 0.15) is 6.29 Å². The van der Waals surface area contributed by atoms with Gasteiger partial charge >= 0.3 is 0 Å². The van der Waals surface area contributed by atoms with E-state index in [1.165, 1.54) is 0 Å². The molecule has 0 aromatic carbocycles. The molecule has 60 valence electrons. The van der Waals surface area contributed by atoms with E-state index < -0.39 is 0 Å². The van der Waals surface area contributed by atoms with Crippen LogP contribution in [0.25, 0.3) is 0 Å². The van der Waals surface area contributed by atoms with E-state index in [1.54, 1.807) is 12.2 Å². The van der Waals surface area contributed by atoms with Gasteiger partial charge in [0.15, 0.2) is 0 Å². The molecule has 0 amide bonds. The number of allylic oxidation sites excluding steroid dienone is 5. The van der Waals surface area contributed by atoms with Crippen molar-refractivity contribution in [1.82, 2.24) is 0 Å². The van der Waals surface area contributed by atoms with Crippen LogP contribution in [0.3, 0.4) is 0 Å². The lowest BCUT2D eigenvalue weighted by molar-refractivity contribution is -0.104. The first-order valence-electron chi connectivity index (χ1n) is 3.22. The quantitative estimate of drug-likeness (QED) is 0.401. The molecular formula is C9H11BrO. The molecule has 0 rings (SSSR count). The van der Waals surface area contributed by atoms with Crippen LogP contribution >= 0.6 is 15.9 Å². The zero-order chi connectivity index (χ0) is 8.85. The van der Waals surface area contributed by atoms with Gasteiger partial charge in [0.25, 0.3) is 0 Å². The molecule has 1 nitrogen and oxygen atoms in total. The number of aldehydes is 1. The zero-order valence-corrected chi connectivity index (χ0v) is 8.31. The molecule has 0 saturated carbocycles. The van der Waals surface area contributed by atoms with E-state index in [0.29, 0.717) is 5.57 Å². The highest BCUT2D eigenvalue weighted by Crippen LogP contribution is 2.07. The van der Waals surface area contributed by atoms with Crippen molar-refractivity contribution in [3.63, 3.8) is 0 Å². The van der Waals surface area contributed by atoms with Gasteiger partial charge in [-0.25, -0.2) is 0 Å². The number of hydrogen-bond donors (Lipinski definition) is 0. The van der Waals surface area contributed by atoms with Crippen LogP contribution in [0.5, 0.6) is 0 Å². The summed E-state index contributed by atoms with van der Waals surface area (Å²) in [6.45, 7) is 7.39. The first-order valence-corrected chi connectivity index (χ1v) is 4.01. The minimum atomic E-state index is 0.631. The second kappa shape index (κ2) is 5.08. The summed E-state index contributed by atoms with van der Waals surface area (Å²) in [5.41, 5.74) is 1.50. The van der Waals surface area contributed by atoms with Crippen LogP contribution < -0.4 is 0 Å². The lowest BCUT2D eigenvalue weighted by atomic mass is 10.2. The lowest BCUT2D eigenvalue weighted by Crippen LogP contribution is -1.80. The number of halogens is 1. The van der Waals surface area contributed by atoms with Crippen molar-refractivity contribution in [2.75, 3.05) is 0 Å². The third kappa shape index (κ3) is 5.80. The highest BCUT2D eigenvalue weighted by molar-refractivity contribution is 9.11. The summed E-state index contributed by atoms with van der Waals surface area (Å²) in [5.74, 6) is 0. The Morgan fingerprint density at radius 3 is 2.18 bits per heavy atom. The van der Waals surface area contributed by atoms with Gasteiger partial charge in [-0.15, -0.1) is 0 Å². The molecule has 0 aliphatic heterocycles. The topological polar surface area (TPSA) is 17.1 Å². The van der Waals surface area contributed by atoms with E-state index in [0.717, 1.165) is 16.3 Å². The smallest absolute Gasteiger partial charge is 0.150 e. The minimum absolute atomic E-state index is 0.631. The molecule has 0 aliphatic carbocycles. The van der Waals surface area contributed by atoms with Gasteiger partial charge in [-0.1, -0.05) is 28.1 Å². The third-order valence-corrected chi connectivity index (χ3v) is 1.14. The largest absolute Gasteiger partial charge is 0.298 e. The first-order chi connectivity index (χ1) is 5.06. The summed E-state index contributed by atoms with van der Waals surface area (Å²) >= 11 is 3.24. The predicted octanol–water partition coefficient (Wildman–Crippen LogP) is 2.99. The van der Waals surface area contributed by atoms with Crippen LogP contribution in [-0.2, 0) is 4.79 Å². The average molecular weight is 215 g/mol. The van der Waals surface area contributed by atoms with E-state index in [4.69, 9.17) is 0 Å². The Morgan fingerprint density at radius 2 is 1.91 bits per heavy atom. The summed E-state index contributed by atoms with van der Waals surface area (Å²) < 4.78 is 0.928. The molecule has 0 unspecified atom stereocenters. The van der Waals surface area contributed by atoms with E-state index >= 15 is 0 Å². The van der Waals surface area contributed by atoms with E-state index in [2.05, 4.69) is 22.5 Å². The van der Waals surface area contributed by atoms with Crippen molar-refractivity contribution in [2.45, 2.75) is 13.8 Å². The third-order valence-electron chi connectivity index (χ3n) is 0.915. The number of hydrogen-bond acceptors (Lipinski definition) is 1. The summed E-state index contributed by atoms with van der Waals surface area (Å²) in [6.07, 6.45) is 4.29. The fraction of sp³-hybridized carbons (Fsp3) is 0.222. The molecule has 2 heteroatoms. The molecule has 0 heterocycles. The van der Waals surface area contributed by atoms with Crippen molar-refractivity contribution >= 4 is 22.2 Å². The van der Waals surface area contributed by atoms with Crippen LogP contribution in [0.1, 0.15) is 13.8 Å².